The molecule has 1 aliphatic rings. The van der Waals surface area contributed by atoms with Gasteiger partial charge in [0.2, 0.25) is 0 Å². The number of thioether (sulfide) groups is 1. The van der Waals surface area contributed by atoms with Crippen LogP contribution in [0.2, 0.25) is 0 Å². The molecule has 0 aliphatic carbocycles. The summed E-state index contributed by atoms with van der Waals surface area (Å²) in [6, 6.07) is 0. The highest BCUT2D eigenvalue weighted by Crippen LogP contribution is 2.32. The summed E-state index contributed by atoms with van der Waals surface area (Å²) < 4.78 is 8.11. The Morgan fingerprint density at radius 1 is 1.35 bits per heavy atom. The highest BCUT2D eigenvalue weighted by molar-refractivity contribution is 7.98. The average Bonchev–Trinajstić information content (AvgIpc) is 3.25. The molecule has 0 unspecified atom stereocenters. The van der Waals surface area contributed by atoms with Crippen molar-refractivity contribution in [3.63, 3.8) is 0 Å². The van der Waals surface area contributed by atoms with Gasteiger partial charge < -0.3 is 15.2 Å². The maximum absolute atomic E-state index is 10.5. The Bertz CT molecular complexity index is 738. The summed E-state index contributed by atoms with van der Waals surface area (Å²) in [6.45, 7) is 0.730. The number of imidazole rings is 1. The Kier molecular flexibility index (Phi) is 6.67. The molecule has 8 nitrogen and oxygen atoms in total. The van der Waals surface area contributed by atoms with E-state index in [-0.39, 0.29) is 18.8 Å². The first-order valence-corrected chi connectivity index (χ1v) is 10.4. The lowest BCUT2D eigenvalue weighted by molar-refractivity contribution is -0.137. The van der Waals surface area contributed by atoms with E-state index >= 15 is 0 Å². The van der Waals surface area contributed by atoms with Crippen LogP contribution < -0.4 is 5.32 Å². The molecule has 0 aromatic carbocycles. The highest BCUT2D eigenvalue weighted by Gasteiger charge is 2.27. The van der Waals surface area contributed by atoms with Crippen LogP contribution in [-0.2, 0) is 9.53 Å². The van der Waals surface area contributed by atoms with Crippen LogP contribution in [0.3, 0.4) is 0 Å². The second-order valence-corrected chi connectivity index (χ2v) is 7.33. The van der Waals surface area contributed by atoms with Gasteiger partial charge in [0.15, 0.2) is 17.0 Å². The number of nitrogens with zero attached hydrogens (tertiary/aromatic N) is 4. The Morgan fingerprint density at radius 2 is 2.23 bits per heavy atom. The van der Waals surface area contributed by atoms with E-state index in [1.165, 1.54) is 0 Å². The third-order valence-corrected chi connectivity index (χ3v) is 5.17. The number of anilines is 1. The molecule has 2 aromatic heterocycles. The molecule has 0 spiro atoms. The van der Waals surface area contributed by atoms with Gasteiger partial charge in [-0.2, -0.15) is 11.8 Å². The van der Waals surface area contributed by atoms with Crippen LogP contribution >= 0.6 is 11.8 Å². The number of hydrogen-bond donors (Lipinski definition) is 2. The predicted octanol–water partition coefficient (Wildman–Crippen LogP) is 2.92. The van der Waals surface area contributed by atoms with E-state index in [1.807, 2.05) is 4.57 Å². The van der Waals surface area contributed by atoms with Crippen molar-refractivity contribution in [1.82, 2.24) is 19.5 Å². The van der Waals surface area contributed by atoms with Gasteiger partial charge in [-0.3, -0.25) is 9.36 Å². The van der Waals surface area contributed by atoms with Crippen molar-refractivity contribution in [1.29, 1.82) is 0 Å². The molecule has 0 bridgehead atoms. The smallest absolute Gasteiger partial charge is 0.303 e. The largest absolute Gasteiger partial charge is 0.481 e. The lowest BCUT2D eigenvalue weighted by Gasteiger charge is -2.14. The van der Waals surface area contributed by atoms with Crippen LogP contribution in [0.4, 0.5) is 5.82 Å². The van der Waals surface area contributed by atoms with Gasteiger partial charge in [0.05, 0.1) is 12.4 Å². The fraction of sp³-hybridized carbons (Fsp3) is 0.647. The molecule has 26 heavy (non-hydrogen) atoms. The Morgan fingerprint density at radius 3 is 3.04 bits per heavy atom. The number of rotatable bonds is 10. The maximum Gasteiger partial charge on any atom is 0.303 e. The van der Waals surface area contributed by atoms with E-state index in [0.717, 1.165) is 49.1 Å². The van der Waals surface area contributed by atoms with Gasteiger partial charge >= 0.3 is 5.97 Å². The molecule has 142 valence electrons. The normalized spacial score (nSPS) is 19.9. The highest BCUT2D eigenvalue weighted by atomic mass is 32.2. The Balaban J connectivity index is 1.59. The number of carboxylic acids is 1. The van der Waals surface area contributed by atoms with Crippen molar-refractivity contribution in [3.8, 4) is 0 Å². The summed E-state index contributed by atoms with van der Waals surface area (Å²) >= 11 is 1.80. The molecule has 0 radical (unpaired) electrons. The molecule has 2 aromatic rings. The zero-order chi connectivity index (χ0) is 18.4. The topological polar surface area (TPSA) is 102 Å². The number of nitrogens with one attached hydrogen (secondary N) is 1. The number of hydrogen-bond acceptors (Lipinski definition) is 7. The maximum atomic E-state index is 10.5. The first kappa shape index (κ1) is 18.9. The Labute approximate surface area is 156 Å². The molecule has 1 fully saturated rings. The van der Waals surface area contributed by atoms with Crippen LogP contribution in [0, 0.1) is 0 Å². The molecule has 0 amide bonds. The third-order valence-electron chi connectivity index (χ3n) is 4.47. The van der Waals surface area contributed by atoms with Crippen molar-refractivity contribution in [2.45, 2.75) is 50.9 Å². The number of ether oxygens (including phenoxy) is 1. The van der Waals surface area contributed by atoms with Crippen LogP contribution in [-0.4, -0.2) is 55.3 Å². The van der Waals surface area contributed by atoms with Crippen molar-refractivity contribution < 1.29 is 14.6 Å². The van der Waals surface area contributed by atoms with Crippen LogP contribution in [0.5, 0.6) is 0 Å². The van der Waals surface area contributed by atoms with Crippen LogP contribution in [0.1, 0.15) is 44.8 Å². The van der Waals surface area contributed by atoms with E-state index in [4.69, 9.17) is 9.84 Å². The van der Waals surface area contributed by atoms with E-state index in [9.17, 15) is 4.79 Å². The molecule has 9 heteroatoms. The third kappa shape index (κ3) is 4.64. The van der Waals surface area contributed by atoms with Crippen LogP contribution in [0.25, 0.3) is 11.2 Å². The van der Waals surface area contributed by atoms with E-state index in [0.29, 0.717) is 12.2 Å². The summed E-state index contributed by atoms with van der Waals surface area (Å²) in [6.07, 6.45) is 10.4. The number of fused-ring (bicyclic) bond motifs is 1. The predicted molar refractivity (Wildman–Crippen MR) is 101 cm³/mol. The van der Waals surface area contributed by atoms with Gasteiger partial charge in [0, 0.05) is 18.7 Å². The molecule has 1 saturated heterocycles. The standard InChI is InChI=1S/C17H25N5O3S/c1-26-9-12-6-7-13(25-12)22-11-21-15-16(19-10-20-17(15)22)18-8-4-2-3-5-14(23)24/h10-13H,2-9H2,1H3,(H,23,24)(H,18,19,20)/t12-,13+/m0/s1. The second-order valence-electron chi connectivity index (χ2n) is 6.42. The van der Waals surface area contributed by atoms with Gasteiger partial charge in [0.1, 0.15) is 12.6 Å². The number of carboxylic acid groups (broad SMARTS) is 1. The molecule has 3 rings (SSSR count). The SMILES string of the molecule is CSC[C@@H]1CC[C@H](n2cnc3c(NCCCCCC(=O)O)ncnc32)O1. The second kappa shape index (κ2) is 9.18. The van der Waals surface area contributed by atoms with Crippen molar-refractivity contribution in [3.05, 3.63) is 12.7 Å². The van der Waals surface area contributed by atoms with Gasteiger partial charge in [-0.25, -0.2) is 15.0 Å². The number of carbonyl (C=O) groups is 1. The van der Waals surface area contributed by atoms with Crippen LogP contribution in [0.15, 0.2) is 12.7 Å². The average molecular weight is 379 g/mol. The van der Waals surface area contributed by atoms with Crippen molar-refractivity contribution >= 4 is 34.7 Å². The van der Waals surface area contributed by atoms with Gasteiger partial charge in [-0.05, 0) is 31.9 Å². The molecule has 2 atom stereocenters. The van der Waals surface area contributed by atoms with E-state index in [1.54, 1.807) is 24.4 Å². The minimum atomic E-state index is -0.741. The first-order chi connectivity index (χ1) is 12.7. The quantitative estimate of drug-likeness (QED) is 0.608. The molecule has 0 saturated carbocycles. The number of aromatic nitrogens is 4. The summed E-state index contributed by atoms with van der Waals surface area (Å²) in [5.74, 6) is 0.979. The molecule has 2 N–H and O–H groups in total. The molecule has 1 aliphatic heterocycles. The van der Waals surface area contributed by atoms with E-state index < -0.39 is 5.97 Å². The van der Waals surface area contributed by atoms with Gasteiger partial charge in [-0.1, -0.05) is 6.42 Å². The zero-order valence-electron chi connectivity index (χ0n) is 14.9. The summed E-state index contributed by atoms with van der Waals surface area (Å²) in [4.78, 5) is 23.7. The van der Waals surface area contributed by atoms with Crippen molar-refractivity contribution in [2.75, 3.05) is 23.9 Å². The first-order valence-electron chi connectivity index (χ1n) is 8.96. The lowest BCUT2D eigenvalue weighted by Crippen LogP contribution is -2.13. The summed E-state index contributed by atoms with van der Waals surface area (Å²) in [7, 11) is 0. The van der Waals surface area contributed by atoms with E-state index in [2.05, 4.69) is 26.5 Å². The Hall–Kier alpha value is -1.87. The van der Waals surface area contributed by atoms with Gasteiger partial charge in [-0.15, -0.1) is 0 Å². The number of unbranched alkanes of at least 4 members (excludes halogenated alkanes) is 2. The molecular formula is C17H25N5O3S. The minimum absolute atomic E-state index is 0.0177. The summed E-state index contributed by atoms with van der Waals surface area (Å²) in [5, 5.41) is 11.9. The lowest BCUT2D eigenvalue weighted by atomic mass is 10.2. The zero-order valence-corrected chi connectivity index (χ0v) is 15.7. The van der Waals surface area contributed by atoms with Gasteiger partial charge in [0.25, 0.3) is 0 Å². The van der Waals surface area contributed by atoms with Crippen molar-refractivity contribution in [2.24, 2.45) is 0 Å². The molecule has 3 heterocycles. The monoisotopic (exact) mass is 379 g/mol. The molecular weight excluding hydrogens is 354 g/mol. The summed E-state index contributed by atoms with van der Waals surface area (Å²) in [5.41, 5.74) is 1.53. The number of aliphatic carboxylic acids is 1. The fourth-order valence-corrected chi connectivity index (χ4v) is 3.79. The fourth-order valence-electron chi connectivity index (χ4n) is 3.18. The minimum Gasteiger partial charge on any atom is -0.481 e.